The van der Waals surface area contributed by atoms with Crippen LogP contribution in [0.4, 0.5) is 5.69 Å². The molecule has 0 bridgehead atoms. The van der Waals surface area contributed by atoms with Gasteiger partial charge in [-0.05, 0) is 40.8 Å². The second-order valence-corrected chi connectivity index (χ2v) is 11.8. The van der Waals surface area contributed by atoms with Crippen LogP contribution in [0, 0.1) is 6.92 Å². The average Bonchev–Trinajstić information content (AvgIpc) is 3.12. The summed E-state index contributed by atoms with van der Waals surface area (Å²) < 4.78 is 33.4. The number of para-hydroxylation sites is 1. The van der Waals surface area contributed by atoms with E-state index in [4.69, 9.17) is 23.7 Å². The lowest BCUT2D eigenvalue weighted by molar-refractivity contribution is -0.286. The Bertz CT molecular complexity index is 1600. The van der Waals surface area contributed by atoms with E-state index in [2.05, 4.69) is 72.9 Å². The summed E-state index contributed by atoms with van der Waals surface area (Å²) in [4.78, 5) is 0. The lowest BCUT2D eigenvalue weighted by atomic mass is 9.95. The summed E-state index contributed by atoms with van der Waals surface area (Å²) in [5.41, 5.74) is 6.41. The van der Waals surface area contributed by atoms with Crippen LogP contribution < -0.4 is 5.32 Å². The molecular formula is C41H43NO5. The van der Waals surface area contributed by atoms with E-state index in [1.807, 2.05) is 84.9 Å². The predicted octanol–water partition coefficient (Wildman–Crippen LogP) is 8.10. The van der Waals surface area contributed by atoms with E-state index in [9.17, 15) is 0 Å². The normalized spacial score (nSPS) is 20.9. The highest BCUT2D eigenvalue weighted by Gasteiger charge is 2.48. The Hall–Kier alpha value is -4.30. The molecule has 1 aliphatic heterocycles. The lowest BCUT2D eigenvalue weighted by Gasteiger charge is -2.46. The summed E-state index contributed by atoms with van der Waals surface area (Å²) in [5, 5.41) is 3.76. The number of ether oxygens (including phenoxy) is 5. The van der Waals surface area contributed by atoms with Crippen molar-refractivity contribution >= 4 is 5.69 Å². The summed E-state index contributed by atoms with van der Waals surface area (Å²) in [5.74, 6) is 0. The highest BCUT2D eigenvalue weighted by molar-refractivity contribution is 5.51. The monoisotopic (exact) mass is 629 g/mol. The molecule has 47 heavy (non-hydrogen) atoms. The number of hydrogen-bond donors (Lipinski definition) is 1. The molecule has 5 aromatic rings. The minimum Gasteiger partial charge on any atom is -0.375 e. The van der Waals surface area contributed by atoms with Crippen LogP contribution >= 0.6 is 0 Å². The van der Waals surface area contributed by atoms with Crippen molar-refractivity contribution in [1.82, 2.24) is 0 Å². The van der Waals surface area contributed by atoms with Crippen LogP contribution in [0.25, 0.3) is 0 Å². The predicted molar refractivity (Wildman–Crippen MR) is 185 cm³/mol. The van der Waals surface area contributed by atoms with Crippen LogP contribution in [-0.2, 0) is 50.1 Å². The molecule has 1 aliphatic rings. The zero-order valence-electron chi connectivity index (χ0n) is 26.8. The van der Waals surface area contributed by atoms with E-state index in [0.29, 0.717) is 33.0 Å². The van der Waals surface area contributed by atoms with Gasteiger partial charge in [-0.1, -0.05) is 140 Å². The molecule has 0 unspecified atom stereocenters. The van der Waals surface area contributed by atoms with Gasteiger partial charge in [0.1, 0.15) is 24.4 Å². The van der Waals surface area contributed by atoms with Gasteiger partial charge in [0.25, 0.3) is 0 Å². The standard InChI is InChI=1S/C41H43NO5/c1-31-16-14-15-25-36(31)42-38-40(45-28-34-21-10-4-11-22-34)39(44-27-33-19-8-3-9-20-33)37(30-43-26-32-17-6-2-7-18-32)47-41(38)46-29-35-23-12-5-13-24-35/h2-25,37-42H,26-30H2,1H3/t37-,38-,39-,40-,41-/m1/s1. The molecule has 0 amide bonds. The fourth-order valence-corrected chi connectivity index (χ4v) is 5.80. The van der Waals surface area contributed by atoms with Crippen LogP contribution in [0.1, 0.15) is 27.8 Å². The van der Waals surface area contributed by atoms with Gasteiger partial charge < -0.3 is 29.0 Å². The highest BCUT2D eigenvalue weighted by Crippen LogP contribution is 2.32. The first-order valence-corrected chi connectivity index (χ1v) is 16.3. The Kier molecular flexibility index (Phi) is 11.8. The van der Waals surface area contributed by atoms with Gasteiger partial charge in [0.15, 0.2) is 6.29 Å². The van der Waals surface area contributed by atoms with Gasteiger partial charge in [-0.3, -0.25) is 0 Å². The number of rotatable bonds is 15. The maximum Gasteiger partial charge on any atom is 0.181 e. The van der Waals surface area contributed by atoms with Gasteiger partial charge in [-0.15, -0.1) is 0 Å². The molecule has 0 aliphatic carbocycles. The smallest absolute Gasteiger partial charge is 0.181 e. The van der Waals surface area contributed by atoms with E-state index >= 15 is 0 Å². The van der Waals surface area contributed by atoms with Crippen LogP contribution in [-0.4, -0.2) is 37.3 Å². The van der Waals surface area contributed by atoms with Gasteiger partial charge in [-0.25, -0.2) is 0 Å². The molecule has 1 N–H and O–H groups in total. The minimum atomic E-state index is -0.655. The molecule has 5 atom stereocenters. The molecule has 1 fully saturated rings. The van der Waals surface area contributed by atoms with Crippen LogP contribution in [0.3, 0.4) is 0 Å². The molecule has 6 rings (SSSR count). The molecule has 0 saturated carbocycles. The molecule has 0 aromatic heterocycles. The number of nitrogens with one attached hydrogen (secondary N) is 1. The number of benzene rings is 5. The van der Waals surface area contributed by atoms with Crippen LogP contribution in [0.2, 0.25) is 0 Å². The first-order valence-electron chi connectivity index (χ1n) is 16.3. The Balaban J connectivity index is 1.32. The summed E-state index contributed by atoms with van der Waals surface area (Å²) >= 11 is 0. The molecule has 6 heteroatoms. The van der Waals surface area contributed by atoms with E-state index in [0.717, 1.165) is 33.5 Å². The summed E-state index contributed by atoms with van der Waals surface area (Å²) in [6.45, 7) is 4.06. The van der Waals surface area contributed by atoms with Crippen molar-refractivity contribution in [3.63, 3.8) is 0 Å². The molecule has 1 saturated heterocycles. The van der Waals surface area contributed by atoms with E-state index < -0.39 is 30.6 Å². The quantitative estimate of drug-likeness (QED) is 0.126. The van der Waals surface area contributed by atoms with E-state index in [1.54, 1.807) is 0 Å². The molecule has 242 valence electrons. The first-order chi connectivity index (χ1) is 23.2. The van der Waals surface area contributed by atoms with Crippen molar-refractivity contribution in [3.8, 4) is 0 Å². The fourth-order valence-electron chi connectivity index (χ4n) is 5.80. The van der Waals surface area contributed by atoms with Crippen molar-refractivity contribution in [2.45, 2.75) is 64.0 Å². The third-order valence-electron chi connectivity index (χ3n) is 8.33. The summed E-state index contributed by atoms with van der Waals surface area (Å²) in [6.07, 6.45) is -2.03. The SMILES string of the molecule is Cc1ccccc1N[C@H]1[C@H](OCc2ccccc2)O[C@H](COCc2ccccc2)[C@@H](OCc2ccccc2)[C@@H]1OCc1ccccc1. The van der Waals surface area contributed by atoms with Crippen LogP contribution in [0.15, 0.2) is 146 Å². The van der Waals surface area contributed by atoms with Crippen molar-refractivity contribution in [3.05, 3.63) is 173 Å². The molecule has 6 nitrogen and oxygen atoms in total. The Labute approximate surface area is 278 Å². The Morgan fingerprint density at radius 2 is 0.957 bits per heavy atom. The topological polar surface area (TPSA) is 58.2 Å². The highest BCUT2D eigenvalue weighted by atomic mass is 16.7. The second kappa shape index (κ2) is 17.0. The molecule has 0 spiro atoms. The van der Waals surface area contributed by atoms with Crippen molar-refractivity contribution < 1.29 is 23.7 Å². The molecule has 0 radical (unpaired) electrons. The average molecular weight is 630 g/mol. The Morgan fingerprint density at radius 1 is 0.511 bits per heavy atom. The van der Waals surface area contributed by atoms with Gasteiger partial charge in [0.2, 0.25) is 0 Å². The van der Waals surface area contributed by atoms with E-state index in [1.165, 1.54) is 0 Å². The maximum atomic E-state index is 6.87. The zero-order valence-corrected chi connectivity index (χ0v) is 26.8. The van der Waals surface area contributed by atoms with Gasteiger partial charge >= 0.3 is 0 Å². The summed E-state index contributed by atoms with van der Waals surface area (Å²) in [6, 6.07) is 48.6. The van der Waals surface area contributed by atoms with E-state index in [-0.39, 0.29) is 0 Å². The third-order valence-corrected chi connectivity index (χ3v) is 8.33. The third kappa shape index (κ3) is 9.38. The second-order valence-electron chi connectivity index (χ2n) is 11.8. The largest absolute Gasteiger partial charge is 0.375 e. The molecular weight excluding hydrogens is 586 g/mol. The minimum absolute atomic E-state index is 0.307. The van der Waals surface area contributed by atoms with Gasteiger partial charge in [0.05, 0.1) is 33.0 Å². The Morgan fingerprint density at radius 3 is 1.49 bits per heavy atom. The number of aryl methyl sites for hydroxylation is 1. The maximum absolute atomic E-state index is 6.87. The molecule has 5 aromatic carbocycles. The number of anilines is 1. The van der Waals surface area contributed by atoms with Crippen LogP contribution in [0.5, 0.6) is 0 Å². The fraction of sp³-hybridized carbons (Fsp3) is 0.268. The van der Waals surface area contributed by atoms with Gasteiger partial charge in [-0.2, -0.15) is 0 Å². The zero-order chi connectivity index (χ0) is 32.1. The van der Waals surface area contributed by atoms with Gasteiger partial charge in [0, 0.05) is 5.69 Å². The van der Waals surface area contributed by atoms with Crippen molar-refractivity contribution in [2.24, 2.45) is 0 Å². The molecule has 1 heterocycles. The first kappa shape index (κ1) is 32.6. The summed E-state index contributed by atoms with van der Waals surface area (Å²) in [7, 11) is 0. The number of hydrogen-bond acceptors (Lipinski definition) is 6. The van der Waals surface area contributed by atoms with Crippen molar-refractivity contribution in [2.75, 3.05) is 11.9 Å². The van der Waals surface area contributed by atoms with Crippen molar-refractivity contribution in [1.29, 1.82) is 0 Å². The lowest BCUT2D eigenvalue weighted by Crippen LogP contribution is -2.63.